The number of rotatable bonds is 11. The second kappa shape index (κ2) is 21.5. The molecule has 0 atom stereocenters. The molecule has 3 N–H and O–H groups in total. The van der Waals surface area contributed by atoms with Crippen LogP contribution in [0, 0.1) is 19.3 Å². The minimum atomic E-state index is 0.382. The van der Waals surface area contributed by atoms with Crippen LogP contribution in [0.3, 0.4) is 0 Å². The van der Waals surface area contributed by atoms with Gasteiger partial charge in [0.05, 0.1) is 0 Å². The van der Waals surface area contributed by atoms with Gasteiger partial charge in [-0.3, -0.25) is 0 Å². The Hall–Kier alpha value is -3.61. The van der Waals surface area contributed by atoms with E-state index in [-0.39, 0.29) is 0 Å². The largest absolute Gasteiger partial charge is 0.474 e. The van der Waals surface area contributed by atoms with Gasteiger partial charge in [-0.15, -0.1) is 0 Å². The second-order valence-electron chi connectivity index (χ2n) is 8.00. The zero-order valence-corrected chi connectivity index (χ0v) is 24.8. The van der Waals surface area contributed by atoms with E-state index in [1.807, 2.05) is 90.1 Å². The standard InChI is InChI=1S/C19H28N4O2.C8H9N.2C2H6/c1-4-8-23(9-5-2)16-12-17(20)22-19(13-16)25-11-10-24-18-7-6-15(3)14-21-18;1-7-3-2-4-8(5-7)6-9;2*1-2/h6-7,12-14H,4-5,8-11H2,1-3H3,(H2,20,22);2-6,9H,1H3;2*1-2H3. The quantitative estimate of drug-likeness (QED) is 0.199. The van der Waals surface area contributed by atoms with Gasteiger partial charge in [0.2, 0.25) is 11.8 Å². The van der Waals surface area contributed by atoms with Crippen molar-refractivity contribution in [1.82, 2.24) is 9.97 Å². The van der Waals surface area contributed by atoms with Crippen molar-refractivity contribution < 1.29 is 9.47 Å². The lowest BCUT2D eigenvalue weighted by Gasteiger charge is -2.24. The molecule has 0 aliphatic carbocycles. The Kier molecular flexibility index (Phi) is 19.4. The molecule has 0 saturated heterocycles. The third-order valence-electron chi connectivity index (χ3n) is 4.83. The van der Waals surface area contributed by atoms with E-state index < -0.39 is 0 Å². The lowest BCUT2D eigenvalue weighted by Crippen LogP contribution is -2.25. The van der Waals surface area contributed by atoms with Crippen LogP contribution < -0.4 is 20.1 Å². The number of hydrogen-bond donors (Lipinski definition) is 2. The van der Waals surface area contributed by atoms with Crippen LogP contribution in [0.15, 0.2) is 54.7 Å². The number of nitrogens with two attached hydrogens (primary N) is 1. The molecule has 1 aromatic carbocycles. The molecule has 3 aromatic rings. The van der Waals surface area contributed by atoms with Crippen molar-refractivity contribution in [3.05, 3.63) is 71.4 Å². The van der Waals surface area contributed by atoms with E-state index in [1.165, 1.54) is 11.8 Å². The highest BCUT2D eigenvalue weighted by atomic mass is 16.5. The Morgan fingerprint density at radius 2 is 1.47 bits per heavy atom. The maximum absolute atomic E-state index is 6.92. The second-order valence-corrected chi connectivity index (χ2v) is 8.00. The van der Waals surface area contributed by atoms with Gasteiger partial charge in [-0.1, -0.05) is 77.4 Å². The topological polar surface area (TPSA) is 97.3 Å². The van der Waals surface area contributed by atoms with E-state index in [0.29, 0.717) is 30.8 Å². The average Bonchev–Trinajstić information content (AvgIpc) is 2.94. The number of nitrogens with one attached hydrogen (secondary N) is 1. The highest BCUT2D eigenvalue weighted by Gasteiger charge is 2.09. The Labute approximate surface area is 230 Å². The summed E-state index contributed by atoms with van der Waals surface area (Å²) in [6.07, 6.45) is 5.29. The molecule has 210 valence electrons. The molecule has 0 radical (unpaired) electrons. The third kappa shape index (κ3) is 14.2. The summed E-state index contributed by atoms with van der Waals surface area (Å²) >= 11 is 0. The number of aryl methyl sites for hydroxylation is 2. The zero-order chi connectivity index (χ0) is 28.8. The van der Waals surface area contributed by atoms with E-state index in [9.17, 15) is 0 Å². The van der Waals surface area contributed by atoms with Crippen LogP contribution in [0.4, 0.5) is 11.5 Å². The number of benzene rings is 1. The van der Waals surface area contributed by atoms with Crippen LogP contribution in [0.2, 0.25) is 0 Å². The predicted molar refractivity (Wildman–Crippen MR) is 163 cm³/mol. The van der Waals surface area contributed by atoms with Crippen molar-refractivity contribution in [2.75, 3.05) is 36.9 Å². The molecule has 2 aromatic heterocycles. The summed E-state index contributed by atoms with van der Waals surface area (Å²) in [6, 6.07) is 15.5. The Morgan fingerprint density at radius 1 is 0.842 bits per heavy atom. The first-order valence-electron chi connectivity index (χ1n) is 13.7. The molecule has 3 rings (SSSR count). The van der Waals surface area contributed by atoms with Gasteiger partial charge in [0.1, 0.15) is 19.0 Å². The Bertz CT molecular complexity index is 1000. The van der Waals surface area contributed by atoms with Crippen LogP contribution in [0.5, 0.6) is 11.8 Å². The van der Waals surface area contributed by atoms with Crippen molar-refractivity contribution in [1.29, 1.82) is 5.41 Å². The van der Waals surface area contributed by atoms with Gasteiger partial charge in [-0.25, -0.2) is 4.98 Å². The van der Waals surface area contributed by atoms with Crippen molar-refractivity contribution in [3.8, 4) is 11.8 Å². The summed E-state index contributed by atoms with van der Waals surface area (Å²) in [5.41, 5.74) is 10.3. The molecule has 0 aliphatic rings. The summed E-state index contributed by atoms with van der Waals surface area (Å²) in [5.74, 6) is 1.57. The average molecular weight is 524 g/mol. The molecular weight excluding hydrogens is 474 g/mol. The minimum Gasteiger partial charge on any atom is -0.474 e. The van der Waals surface area contributed by atoms with Gasteiger partial charge >= 0.3 is 0 Å². The molecule has 0 spiro atoms. The molecule has 0 bridgehead atoms. The van der Waals surface area contributed by atoms with E-state index in [1.54, 1.807) is 6.20 Å². The maximum atomic E-state index is 6.92. The van der Waals surface area contributed by atoms with Crippen molar-refractivity contribution in [2.45, 2.75) is 68.2 Å². The summed E-state index contributed by atoms with van der Waals surface area (Å²) < 4.78 is 11.3. The van der Waals surface area contributed by atoms with Gasteiger partial charge in [-0.2, -0.15) is 4.98 Å². The summed E-state index contributed by atoms with van der Waals surface area (Å²) in [4.78, 5) is 10.7. The predicted octanol–water partition coefficient (Wildman–Crippen LogP) is 7.50. The maximum Gasteiger partial charge on any atom is 0.217 e. The van der Waals surface area contributed by atoms with E-state index in [2.05, 4.69) is 28.7 Å². The highest BCUT2D eigenvalue weighted by molar-refractivity contribution is 5.76. The highest BCUT2D eigenvalue weighted by Crippen LogP contribution is 2.23. The molecule has 0 fully saturated rings. The van der Waals surface area contributed by atoms with Crippen molar-refractivity contribution in [3.63, 3.8) is 0 Å². The lowest BCUT2D eigenvalue weighted by molar-refractivity contribution is 0.207. The van der Waals surface area contributed by atoms with Crippen LogP contribution in [0.1, 0.15) is 71.1 Å². The first-order valence-corrected chi connectivity index (χ1v) is 13.7. The molecular formula is C31H49N5O2. The molecule has 0 aliphatic heterocycles. The number of ether oxygens (including phenoxy) is 2. The van der Waals surface area contributed by atoms with Crippen LogP contribution in [0.25, 0.3) is 0 Å². The molecule has 7 heteroatoms. The molecule has 2 heterocycles. The Balaban J connectivity index is 0.000000875. The van der Waals surface area contributed by atoms with Crippen LogP contribution >= 0.6 is 0 Å². The first-order chi connectivity index (χ1) is 18.4. The number of nitrogens with zero attached hydrogens (tertiary/aromatic N) is 3. The van der Waals surface area contributed by atoms with Gasteiger partial charge in [0.25, 0.3) is 0 Å². The van der Waals surface area contributed by atoms with Crippen LogP contribution in [-0.4, -0.2) is 42.5 Å². The van der Waals surface area contributed by atoms with E-state index >= 15 is 0 Å². The summed E-state index contributed by atoms with van der Waals surface area (Å²) in [6.45, 7) is 19.1. The number of pyridine rings is 2. The molecule has 0 saturated carbocycles. The van der Waals surface area contributed by atoms with Crippen molar-refractivity contribution in [2.24, 2.45) is 0 Å². The van der Waals surface area contributed by atoms with Gasteiger partial charge in [0.15, 0.2) is 0 Å². The fraction of sp³-hybridized carbons (Fsp3) is 0.452. The van der Waals surface area contributed by atoms with Gasteiger partial charge in [0, 0.05) is 49.4 Å². The number of nitrogen functional groups attached to an aromatic ring is 1. The molecule has 0 unspecified atom stereocenters. The molecule has 0 amide bonds. The number of aromatic nitrogens is 2. The normalized spacial score (nSPS) is 9.37. The monoisotopic (exact) mass is 523 g/mol. The lowest BCUT2D eigenvalue weighted by atomic mass is 10.2. The SMILES string of the molecule is CC.CC.CCCN(CCC)c1cc(N)nc(OCCOc2ccc(C)cn2)c1.Cc1cccc(C=N)c1. The molecule has 7 nitrogen and oxygen atoms in total. The van der Waals surface area contributed by atoms with Crippen LogP contribution in [-0.2, 0) is 0 Å². The first kappa shape index (κ1) is 34.4. The van der Waals surface area contributed by atoms with E-state index in [0.717, 1.165) is 42.7 Å². The summed E-state index contributed by atoms with van der Waals surface area (Å²) in [5, 5.41) is 6.92. The summed E-state index contributed by atoms with van der Waals surface area (Å²) in [7, 11) is 0. The van der Waals surface area contributed by atoms with Crippen molar-refractivity contribution >= 4 is 17.7 Å². The van der Waals surface area contributed by atoms with Gasteiger partial charge < -0.3 is 25.5 Å². The third-order valence-corrected chi connectivity index (χ3v) is 4.83. The minimum absolute atomic E-state index is 0.382. The fourth-order valence-corrected chi connectivity index (χ4v) is 3.27. The zero-order valence-electron chi connectivity index (χ0n) is 24.8. The number of hydrogen-bond acceptors (Lipinski definition) is 7. The smallest absolute Gasteiger partial charge is 0.217 e. The Morgan fingerprint density at radius 3 is 1.97 bits per heavy atom. The van der Waals surface area contributed by atoms with Gasteiger partial charge in [-0.05, 0) is 37.8 Å². The fourth-order valence-electron chi connectivity index (χ4n) is 3.27. The van der Waals surface area contributed by atoms with E-state index in [4.69, 9.17) is 20.6 Å². The number of anilines is 2. The molecule has 38 heavy (non-hydrogen) atoms.